The van der Waals surface area contributed by atoms with E-state index in [9.17, 15) is 0 Å². The smallest absolute Gasteiger partial charge is 0.162 e. The lowest BCUT2D eigenvalue weighted by atomic mass is 10.2. The highest BCUT2D eigenvalue weighted by Crippen LogP contribution is 2.30. The van der Waals surface area contributed by atoms with Gasteiger partial charge in [-0.15, -0.1) is 0 Å². The van der Waals surface area contributed by atoms with E-state index >= 15 is 0 Å². The number of rotatable bonds is 3. The highest BCUT2D eigenvalue weighted by molar-refractivity contribution is 5.80. The van der Waals surface area contributed by atoms with Crippen LogP contribution in [0.4, 0.5) is 0 Å². The van der Waals surface area contributed by atoms with Crippen molar-refractivity contribution in [3.63, 3.8) is 0 Å². The van der Waals surface area contributed by atoms with Gasteiger partial charge < -0.3 is 14.3 Å². The number of fused-ring (bicyclic) bond motifs is 1. The molecule has 96 valence electrons. The van der Waals surface area contributed by atoms with Crippen LogP contribution in [0.25, 0.3) is 0 Å². The minimum absolute atomic E-state index is 0.577. The van der Waals surface area contributed by atoms with Crippen molar-refractivity contribution in [1.29, 1.82) is 0 Å². The van der Waals surface area contributed by atoms with Crippen molar-refractivity contribution in [3.05, 3.63) is 54.1 Å². The maximum Gasteiger partial charge on any atom is 0.162 e. The predicted octanol–water partition coefficient (Wildman–Crippen LogP) is 2.87. The zero-order chi connectivity index (χ0) is 12.9. The molecule has 0 unspecified atom stereocenters. The minimum Gasteiger partial charge on any atom is -0.486 e. The van der Waals surface area contributed by atoms with Crippen molar-refractivity contribution in [3.8, 4) is 17.2 Å². The standard InChI is InChI=1S/C15H13NO3/c1-2-4-13(5-3-1)19-16-11-12-6-7-14-15(10-12)18-9-8-17-14/h1-7,10-11H,8-9H2. The Labute approximate surface area is 111 Å². The molecule has 0 N–H and O–H groups in total. The maximum absolute atomic E-state index is 5.50. The summed E-state index contributed by atoms with van der Waals surface area (Å²) in [5.74, 6) is 2.22. The molecule has 0 saturated heterocycles. The van der Waals surface area contributed by atoms with Crippen LogP contribution in [0, 0.1) is 0 Å². The number of benzene rings is 2. The fourth-order valence-electron chi connectivity index (χ4n) is 1.77. The second-order valence-corrected chi connectivity index (χ2v) is 4.04. The largest absolute Gasteiger partial charge is 0.486 e. The fraction of sp³-hybridized carbons (Fsp3) is 0.133. The molecule has 0 saturated carbocycles. The average molecular weight is 255 g/mol. The first-order valence-electron chi connectivity index (χ1n) is 6.07. The summed E-state index contributed by atoms with van der Waals surface area (Å²) in [6, 6.07) is 15.1. The second-order valence-electron chi connectivity index (χ2n) is 4.04. The van der Waals surface area contributed by atoms with Gasteiger partial charge in [0.15, 0.2) is 17.2 Å². The Morgan fingerprint density at radius 2 is 1.74 bits per heavy atom. The Balaban J connectivity index is 1.69. The lowest BCUT2D eigenvalue weighted by Crippen LogP contribution is -2.15. The van der Waals surface area contributed by atoms with Crippen LogP contribution in [0.1, 0.15) is 5.56 Å². The van der Waals surface area contributed by atoms with E-state index < -0.39 is 0 Å². The zero-order valence-electron chi connectivity index (χ0n) is 10.3. The van der Waals surface area contributed by atoms with Gasteiger partial charge in [0.2, 0.25) is 0 Å². The van der Waals surface area contributed by atoms with E-state index in [0.29, 0.717) is 19.0 Å². The minimum atomic E-state index is 0.577. The molecule has 0 aromatic heterocycles. The van der Waals surface area contributed by atoms with Crippen LogP contribution in [-0.4, -0.2) is 19.4 Å². The molecule has 0 fully saturated rings. The van der Waals surface area contributed by atoms with Crippen LogP contribution < -0.4 is 14.3 Å². The van der Waals surface area contributed by atoms with Crippen molar-refractivity contribution in [1.82, 2.24) is 0 Å². The van der Waals surface area contributed by atoms with Crippen LogP contribution in [0.2, 0.25) is 0 Å². The van der Waals surface area contributed by atoms with Crippen molar-refractivity contribution < 1.29 is 14.3 Å². The molecule has 4 heteroatoms. The van der Waals surface area contributed by atoms with E-state index in [0.717, 1.165) is 17.1 Å². The van der Waals surface area contributed by atoms with Crippen LogP contribution in [0.5, 0.6) is 17.2 Å². The Bertz CT molecular complexity index is 581. The summed E-state index contributed by atoms with van der Waals surface area (Å²) >= 11 is 0. The lowest BCUT2D eigenvalue weighted by Gasteiger charge is -2.18. The third kappa shape index (κ3) is 2.85. The van der Waals surface area contributed by atoms with Crippen molar-refractivity contribution in [2.24, 2.45) is 5.16 Å². The molecule has 2 aromatic carbocycles. The number of para-hydroxylation sites is 1. The fourth-order valence-corrected chi connectivity index (χ4v) is 1.77. The molecule has 1 aliphatic rings. The van der Waals surface area contributed by atoms with Crippen molar-refractivity contribution in [2.45, 2.75) is 0 Å². The summed E-state index contributed by atoms with van der Waals surface area (Å²) in [7, 11) is 0. The predicted molar refractivity (Wildman–Crippen MR) is 72.1 cm³/mol. The molecule has 0 amide bonds. The third-order valence-electron chi connectivity index (χ3n) is 2.67. The first-order valence-corrected chi connectivity index (χ1v) is 6.07. The summed E-state index contributed by atoms with van der Waals surface area (Å²) in [6.07, 6.45) is 1.64. The van der Waals surface area contributed by atoms with Gasteiger partial charge in [0.25, 0.3) is 0 Å². The van der Waals surface area contributed by atoms with Gasteiger partial charge in [-0.2, -0.15) is 0 Å². The first-order chi connectivity index (χ1) is 9.42. The van der Waals surface area contributed by atoms with Gasteiger partial charge in [0.1, 0.15) is 13.2 Å². The Morgan fingerprint density at radius 3 is 2.58 bits per heavy atom. The topological polar surface area (TPSA) is 40.0 Å². The van der Waals surface area contributed by atoms with Gasteiger partial charge in [-0.1, -0.05) is 23.4 Å². The van der Waals surface area contributed by atoms with Gasteiger partial charge in [0, 0.05) is 5.56 Å². The molecule has 1 aliphatic heterocycles. The number of ether oxygens (including phenoxy) is 2. The SMILES string of the molecule is C(=NOc1ccccc1)c1ccc2c(c1)OCCO2. The van der Waals surface area contributed by atoms with Crippen LogP contribution in [0.3, 0.4) is 0 Å². The van der Waals surface area contributed by atoms with Gasteiger partial charge >= 0.3 is 0 Å². The average Bonchev–Trinajstić information content (AvgIpc) is 2.48. The molecule has 3 rings (SSSR count). The maximum atomic E-state index is 5.50. The summed E-state index contributed by atoms with van der Waals surface area (Å²) in [6.45, 7) is 1.17. The monoisotopic (exact) mass is 255 g/mol. The first kappa shape index (κ1) is 11.6. The summed E-state index contributed by atoms with van der Waals surface area (Å²) < 4.78 is 11.0. The third-order valence-corrected chi connectivity index (χ3v) is 2.67. The van der Waals surface area contributed by atoms with Gasteiger partial charge in [-0.3, -0.25) is 0 Å². The molecular weight excluding hydrogens is 242 g/mol. The molecule has 4 nitrogen and oxygen atoms in total. The van der Waals surface area contributed by atoms with E-state index in [2.05, 4.69) is 5.16 Å². The molecule has 1 heterocycles. The summed E-state index contributed by atoms with van der Waals surface area (Å²) in [4.78, 5) is 5.25. The number of hydrogen-bond acceptors (Lipinski definition) is 4. The van der Waals surface area contributed by atoms with E-state index in [-0.39, 0.29) is 0 Å². The van der Waals surface area contributed by atoms with Crippen molar-refractivity contribution >= 4 is 6.21 Å². The molecule has 0 atom stereocenters. The molecule has 0 bridgehead atoms. The van der Waals surface area contributed by atoms with Gasteiger partial charge in [-0.25, -0.2) is 0 Å². The molecule has 0 aliphatic carbocycles. The molecular formula is C15H13NO3. The van der Waals surface area contributed by atoms with Gasteiger partial charge in [-0.05, 0) is 30.3 Å². The normalized spacial score (nSPS) is 13.5. The van der Waals surface area contributed by atoms with Crippen LogP contribution >= 0.6 is 0 Å². The molecule has 19 heavy (non-hydrogen) atoms. The van der Waals surface area contributed by atoms with E-state index in [4.69, 9.17) is 14.3 Å². The lowest BCUT2D eigenvalue weighted by molar-refractivity contribution is 0.171. The molecule has 0 spiro atoms. The Kier molecular flexibility index (Phi) is 3.32. The van der Waals surface area contributed by atoms with E-state index in [1.165, 1.54) is 0 Å². The van der Waals surface area contributed by atoms with Crippen LogP contribution in [0.15, 0.2) is 53.7 Å². The van der Waals surface area contributed by atoms with E-state index in [1.54, 1.807) is 6.21 Å². The highest BCUT2D eigenvalue weighted by Gasteiger charge is 2.10. The van der Waals surface area contributed by atoms with Crippen LogP contribution in [-0.2, 0) is 0 Å². The summed E-state index contributed by atoms with van der Waals surface area (Å²) in [5, 5.41) is 3.94. The van der Waals surface area contributed by atoms with Gasteiger partial charge in [0.05, 0.1) is 6.21 Å². The number of nitrogens with zero attached hydrogens (tertiary/aromatic N) is 1. The second kappa shape index (κ2) is 5.44. The van der Waals surface area contributed by atoms with Crippen molar-refractivity contribution in [2.75, 3.05) is 13.2 Å². The Morgan fingerprint density at radius 1 is 0.947 bits per heavy atom. The quantitative estimate of drug-likeness (QED) is 0.625. The Hall–Kier alpha value is -2.49. The highest BCUT2D eigenvalue weighted by atomic mass is 16.6. The molecule has 2 aromatic rings. The zero-order valence-corrected chi connectivity index (χ0v) is 10.3. The number of hydrogen-bond donors (Lipinski definition) is 0. The summed E-state index contributed by atoms with van der Waals surface area (Å²) in [5.41, 5.74) is 0.903. The van der Waals surface area contributed by atoms with E-state index in [1.807, 2.05) is 48.5 Å². The number of oxime groups is 1. The molecule has 0 radical (unpaired) electrons.